The van der Waals surface area contributed by atoms with Gasteiger partial charge in [-0.1, -0.05) is 6.42 Å². The lowest BCUT2D eigenvalue weighted by Gasteiger charge is -2.40. The first-order valence-electron chi connectivity index (χ1n) is 12.8. The molecule has 2 fully saturated rings. The van der Waals surface area contributed by atoms with Crippen LogP contribution in [0.4, 0.5) is 0 Å². The summed E-state index contributed by atoms with van der Waals surface area (Å²) >= 11 is 0. The zero-order chi connectivity index (χ0) is 23.6. The molecule has 6 rings (SSSR count). The lowest BCUT2D eigenvalue weighted by Crippen LogP contribution is -2.47. The van der Waals surface area contributed by atoms with Gasteiger partial charge in [-0.25, -0.2) is 4.98 Å². The van der Waals surface area contributed by atoms with Crippen molar-refractivity contribution >= 4 is 16.5 Å². The van der Waals surface area contributed by atoms with Crippen LogP contribution < -0.4 is 10.2 Å². The monoisotopic (exact) mass is 472 g/mol. The quantitative estimate of drug-likeness (QED) is 0.414. The zero-order valence-corrected chi connectivity index (χ0v) is 20.1. The Bertz CT molecular complexity index is 1360. The lowest BCUT2D eigenvalue weighted by atomic mass is 10.00. The highest BCUT2D eigenvalue weighted by Gasteiger charge is 2.25. The number of piperidine rings is 2. The SMILES string of the molecule is O=c1cc(-c2cc3cccn3cn2)oc2ccc(OCCN3CCC(N4CCCCC4)CC3)cc12. The Morgan fingerprint density at radius 3 is 2.71 bits per heavy atom. The molecule has 0 atom stereocenters. The average Bonchev–Trinajstić information content (AvgIpc) is 3.38. The second-order valence-electron chi connectivity index (χ2n) is 9.77. The van der Waals surface area contributed by atoms with Crippen LogP contribution in [0.3, 0.4) is 0 Å². The third kappa shape index (κ3) is 4.83. The molecular weight excluding hydrogens is 440 g/mol. The highest BCUT2D eigenvalue weighted by atomic mass is 16.5. The smallest absolute Gasteiger partial charge is 0.193 e. The van der Waals surface area contributed by atoms with Crippen LogP contribution in [0.5, 0.6) is 5.75 Å². The standard InChI is InChI=1S/C28H32N4O3/c33-26-19-28(25-17-22-5-4-12-32(22)20-29-25)35-27-7-6-23(18-24(26)27)34-16-15-30-13-8-21(9-14-30)31-10-2-1-3-11-31/h4-7,12,17-21H,1-3,8-11,13-16H2. The molecule has 2 aliphatic rings. The Balaban J connectivity index is 1.07. The molecule has 0 amide bonds. The van der Waals surface area contributed by atoms with Crippen molar-refractivity contribution in [3.05, 3.63) is 65.2 Å². The van der Waals surface area contributed by atoms with E-state index >= 15 is 0 Å². The lowest BCUT2D eigenvalue weighted by molar-refractivity contribution is 0.0858. The number of fused-ring (bicyclic) bond motifs is 2. The zero-order valence-electron chi connectivity index (χ0n) is 20.1. The van der Waals surface area contributed by atoms with E-state index in [0.717, 1.165) is 31.2 Å². The van der Waals surface area contributed by atoms with Gasteiger partial charge in [-0.05, 0) is 88.3 Å². The van der Waals surface area contributed by atoms with Crippen molar-refractivity contribution in [3.8, 4) is 17.2 Å². The maximum atomic E-state index is 12.9. The van der Waals surface area contributed by atoms with Gasteiger partial charge in [-0.3, -0.25) is 9.69 Å². The minimum Gasteiger partial charge on any atom is -0.492 e. The molecule has 3 aromatic heterocycles. The van der Waals surface area contributed by atoms with Gasteiger partial charge in [-0.15, -0.1) is 0 Å². The van der Waals surface area contributed by atoms with E-state index < -0.39 is 0 Å². The molecule has 182 valence electrons. The molecular formula is C28H32N4O3. The number of ether oxygens (including phenoxy) is 1. The van der Waals surface area contributed by atoms with E-state index in [0.29, 0.717) is 34.8 Å². The van der Waals surface area contributed by atoms with E-state index in [2.05, 4.69) is 14.8 Å². The first-order valence-corrected chi connectivity index (χ1v) is 12.8. The number of rotatable bonds is 6. The van der Waals surface area contributed by atoms with Crippen LogP contribution >= 0.6 is 0 Å². The van der Waals surface area contributed by atoms with Crippen LogP contribution in [-0.4, -0.2) is 64.6 Å². The number of aromatic nitrogens is 2. The van der Waals surface area contributed by atoms with E-state index in [4.69, 9.17) is 9.15 Å². The maximum absolute atomic E-state index is 12.9. The summed E-state index contributed by atoms with van der Waals surface area (Å²) in [6, 6.07) is 13.6. The number of nitrogens with zero attached hydrogens (tertiary/aromatic N) is 4. The molecule has 1 aromatic carbocycles. The molecule has 4 aromatic rings. The Hall–Kier alpha value is -3.16. The predicted octanol–water partition coefficient (Wildman–Crippen LogP) is 4.44. The van der Waals surface area contributed by atoms with Crippen molar-refractivity contribution in [2.24, 2.45) is 0 Å². The van der Waals surface area contributed by atoms with E-state index in [1.54, 1.807) is 12.4 Å². The van der Waals surface area contributed by atoms with Gasteiger partial charge < -0.3 is 18.5 Å². The molecule has 2 aliphatic heterocycles. The third-order valence-corrected chi connectivity index (χ3v) is 7.51. The fourth-order valence-electron chi connectivity index (χ4n) is 5.51. The Kier molecular flexibility index (Phi) is 6.27. The molecule has 2 saturated heterocycles. The molecule has 5 heterocycles. The fourth-order valence-corrected chi connectivity index (χ4v) is 5.51. The van der Waals surface area contributed by atoms with Crippen molar-refractivity contribution in [2.75, 3.05) is 39.3 Å². The van der Waals surface area contributed by atoms with Gasteiger partial charge in [0.15, 0.2) is 11.2 Å². The summed E-state index contributed by atoms with van der Waals surface area (Å²) in [6.45, 7) is 6.36. The topological polar surface area (TPSA) is 63.2 Å². The summed E-state index contributed by atoms with van der Waals surface area (Å²) in [4.78, 5) is 22.5. The summed E-state index contributed by atoms with van der Waals surface area (Å²) in [7, 11) is 0. The van der Waals surface area contributed by atoms with Crippen LogP contribution in [0.25, 0.3) is 27.9 Å². The van der Waals surface area contributed by atoms with Gasteiger partial charge in [0.05, 0.1) is 11.7 Å². The highest BCUT2D eigenvalue weighted by molar-refractivity contribution is 5.80. The maximum Gasteiger partial charge on any atom is 0.193 e. The molecule has 7 heteroatoms. The molecule has 0 unspecified atom stereocenters. The van der Waals surface area contributed by atoms with Crippen molar-refractivity contribution in [1.29, 1.82) is 0 Å². The number of likely N-dealkylation sites (tertiary alicyclic amines) is 2. The van der Waals surface area contributed by atoms with Crippen molar-refractivity contribution in [1.82, 2.24) is 19.2 Å². The molecule has 0 N–H and O–H groups in total. The van der Waals surface area contributed by atoms with E-state index in [1.165, 1.54) is 51.3 Å². The number of hydrogen-bond donors (Lipinski definition) is 0. The van der Waals surface area contributed by atoms with Crippen LogP contribution in [-0.2, 0) is 0 Å². The Morgan fingerprint density at radius 2 is 1.86 bits per heavy atom. The van der Waals surface area contributed by atoms with E-state index in [9.17, 15) is 4.79 Å². The number of benzene rings is 1. The normalized spacial score (nSPS) is 18.4. The predicted molar refractivity (Wildman–Crippen MR) is 137 cm³/mol. The highest BCUT2D eigenvalue weighted by Crippen LogP contribution is 2.25. The van der Waals surface area contributed by atoms with Gasteiger partial charge in [0.25, 0.3) is 0 Å². The van der Waals surface area contributed by atoms with Crippen molar-refractivity contribution in [2.45, 2.75) is 38.1 Å². The molecule has 7 nitrogen and oxygen atoms in total. The van der Waals surface area contributed by atoms with Gasteiger partial charge in [-0.2, -0.15) is 0 Å². The molecule has 0 saturated carbocycles. The summed E-state index contributed by atoms with van der Waals surface area (Å²) in [5.74, 6) is 1.17. The minimum absolute atomic E-state index is 0.0939. The summed E-state index contributed by atoms with van der Waals surface area (Å²) in [5.41, 5.74) is 2.08. The van der Waals surface area contributed by atoms with Crippen molar-refractivity contribution in [3.63, 3.8) is 0 Å². The first kappa shape index (κ1) is 22.3. The van der Waals surface area contributed by atoms with E-state index in [1.807, 2.05) is 40.9 Å². The molecule has 0 bridgehead atoms. The minimum atomic E-state index is -0.0939. The number of hydrogen-bond acceptors (Lipinski definition) is 6. The van der Waals surface area contributed by atoms with Gasteiger partial charge in [0.1, 0.15) is 23.6 Å². The molecule has 0 aliphatic carbocycles. The van der Waals surface area contributed by atoms with Crippen LogP contribution in [0.1, 0.15) is 32.1 Å². The summed E-state index contributed by atoms with van der Waals surface area (Å²) < 4.78 is 14.0. The van der Waals surface area contributed by atoms with E-state index in [-0.39, 0.29) is 5.43 Å². The molecule has 0 radical (unpaired) electrons. The van der Waals surface area contributed by atoms with Gasteiger partial charge >= 0.3 is 0 Å². The second-order valence-corrected chi connectivity index (χ2v) is 9.77. The first-order chi connectivity index (χ1) is 17.2. The third-order valence-electron chi connectivity index (χ3n) is 7.51. The second kappa shape index (κ2) is 9.84. The molecule has 0 spiro atoms. The fraction of sp³-hybridized carbons (Fsp3) is 0.429. The summed E-state index contributed by atoms with van der Waals surface area (Å²) in [6.07, 6.45) is 10.3. The van der Waals surface area contributed by atoms with Crippen LogP contribution in [0.2, 0.25) is 0 Å². The Labute approximate surface area is 204 Å². The van der Waals surface area contributed by atoms with Gasteiger partial charge in [0.2, 0.25) is 0 Å². The average molecular weight is 473 g/mol. The van der Waals surface area contributed by atoms with Gasteiger partial charge in [0, 0.05) is 30.4 Å². The largest absolute Gasteiger partial charge is 0.492 e. The van der Waals surface area contributed by atoms with Crippen molar-refractivity contribution < 1.29 is 9.15 Å². The summed E-state index contributed by atoms with van der Waals surface area (Å²) in [5, 5.41) is 0.525. The van der Waals surface area contributed by atoms with Crippen LogP contribution in [0.15, 0.2) is 64.2 Å². The van der Waals surface area contributed by atoms with Crippen LogP contribution in [0, 0.1) is 0 Å². The Morgan fingerprint density at radius 1 is 1.00 bits per heavy atom. The molecule has 35 heavy (non-hydrogen) atoms.